The Bertz CT molecular complexity index is 387. The molecular formula is C13H25N5. The number of nitrogens with zero attached hydrogens (tertiary/aromatic N) is 3. The summed E-state index contributed by atoms with van der Waals surface area (Å²) in [5.74, 6) is 2.98. The maximum Gasteiger partial charge on any atom is 0.149 e. The monoisotopic (exact) mass is 251 g/mol. The van der Waals surface area contributed by atoms with E-state index in [0.29, 0.717) is 5.92 Å². The van der Waals surface area contributed by atoms with Crippen LogP contribution >= 0.6 is 0 Å². The average molecular weight is 251 g/mol. The molecule has 18 heavy (non-hydrogen) atoms. The lowest BCUT2D eigenvalue weighted by molar-refractivity contribution is 0.490. The van der Waals surface area contributed by atoms with E-state index in [-0.39, 0.29) is 0 Å². The minimum absolute atomic E-state index is 0.315. The lowest BCUT2D eigenvalue weighted by Gasteiger charge is -2.19. The van der Waals surface area contributed by atoms with Crippen molar-refractivity contribution in [2.45, 2.75) is 40.0 Å². The van der Waals surface area contributed by atoms with Gasteiger partial charge in [-0.05, 0) is 13.3 Å². The molecule has 0 atom stereocenters. The average Bonchev–Trinajstić information content (AvgIpc) is 2.29. The van der Waals surface area contributed by atoms with Crippen LogP contribution in [0.3, 0.4) is 0 Å². The molecule has 1 aromatic rings. The van der Waals surface area contributed by atoms with Crippen molar-refractivity contribution in [3.63, 3.8) is 0 Å². The van der Waals surface area contributed by atoms with Crippen molar-refractivity contribution in [2.24, 2.45) is 0 Å². The van der Waals surface area contributed by atoms with Crippen molar-refractivity contribution in [1.29, 1.82) is 0 Å². The number of anilines is 2. The molecule has 0 saturated heterocycles. The molecule has 0 aromatic carbocycles. The summed E-state index contributed by atoms with van der Waals surface area (Å²) in [6, 6.07) is 0. The molecule has 0 bridgehead atoms. The van der Waals surface area contributed by atoms with Gasteiger partial charge in [0.1, 0.15) is 17.5 Å². The summed E-state index contributed by atoms with van der Waals surface area (Å²) >= 11 is 0. The fraction of sp³-hybridized carbons (Fsp3) is 0.692. The number of rotatable bonds is 6. The minimum atomic E-state index is 0.315. The summed E-state index contributed by atoms with van der Waals surface area (Å²) < 4.78 is 0. The Morgan fingerprint density at radius 1 is 1.17 bits per heavy atom. The summed E-state index contributed by atoms with van der Waals surface area (Å²) in [5.41, 5.74) is 4.28. The van der Waals surface area contributed by atoms with Crippen molar-refractivity contribution >= 4 is 11.6 Å². The van der Waals surface area contributed by atoms with Crippen LogP contribution in [0.5, 0.6) is 0 Å². The van der Waals surface area contributed by atoms with E-state index < -0.39 is 0 Å². The highest BCUT2D eigenvalue weighted by Crippen LogP contribution is 2.23. The molecule has 0 saturated carbocycles. The zero-order valence-electron chi connectivity index (χ0n) is 12.3. The lowest BCUT2D eigenvalue weighted by Crippen LogP contribution is -2.22. The smallest absolute Gasteiger partial charge is 0.149 e. The molecule has 2 N–H and O–H groups in total. The molecule has 5 nitrogen and oxygen atoms in total. The summed E-state index contributed by atoms with van der Waals surface area (Å²) in [6.45, 7) is 9.32. The van der Waals surface area contributed by atoms with E-state index in [0.717, 1.165) is 36.0 Å². The SMILES string of the molecule is CCCNc1nc(C(C)C)nc(NN(C)C)c1C. The molecule has 0 fully saturated rings. The second-order valence-electron chi connectivity index (χ2n) is 4.99. The molecule has 0 amide bonds. The number of aromatic nitrogens is 2. The van der Waals surface area contributed by atoms with Crippen LogP contribution in [0.1, 0.15) is 44.5 Å². The second kappa shape index (κ2) is 6.54. The van der Waals surface area contributed by atoms with Gasteiger partial charge in [0.15, 0.2) is 0 Å². The summed E-state index contributed by atoms with van der Waals surface area (Å²) in [4.78, 5) is 9.17. The normalized spacial score (nSPS) is 11.1. The van der Waals surface area contributed by atoms with Crippen molar-refractivity contribution < 1.29 is 0 Å². The first kappa shape index (κ1) is 14.7. The van der Waals surface area contributed by atoms with E-state index >= 15 is 0 Å². The Morgan fingerprint density at radius 3 is 2.28 bits per heavy atom. The van der Waals surface area contributed by atoms with E-state index in [4.69, 9.17) is 0 Å². The van der Waals surface area contributed by atoms with Crippen LogP contribution in [-0.2, 0) is 0 Å². The van der Waals surface area contributed by atoms with Crippen LogP contribution < -0.4 is 10.7 Å². The third kappa shape index (κ3) is 3.84. The van der Waals surface area contributed by atoms with Crippen LogP contribution in [-0.4, -0.2) is 35.6 Å². The zero-order valence-corrected chi connectivity index (χ0v) is 12.3. The zero-order chi connectivity index (χ0) is 13.7. The minimum Gasteiger partial charge on any atom is -0.370 e. The Morgan fingerprint density at radius 2 is 1.78 bits per heavy atom. The fourth-order valence-electron chi connectivity index (χ4n) is 1.53. The van der Waals surface area contributed by atoms with Gasteiger partial charge < -0.3 is 10.7 Å². The van der Waals surface area contributed by atoms with E-state index in [1.165, 1.54) is 0 Å². The Hall–Kier alpha value is -1.36. The van der Waals surface area contributed by atoms with Crippen molar-refractivity contribution in [3.8, 4) is 0 Å². The number of hydrogen-bond donors (Lipinski definition) is 2. The van der Waals surface area contributed by atoms with Gasteiger partial charge in [-0.1, -0.05) is 20.8 Å². The maximum atomic E-state index is 4.60. The molecule has 102 valence electrons. The largest absolute Gasteiger partial charge is 0.370 e. The first-order chi connectivity index (χ1) is 8.45. The number of hydrogen-bond acceptors (Lipinski definition) is 5. The van der Waals surface area contributed by atoms with Gasteiger partial charge in [0.05, 0.1) is 0 Å². The van der Waals surface area contributed by atoms with Gasteiger partial charge in [-0.25, -0.2) is 15.0 Å². The van der Waals surface area contributed by atoms with Crippen LogP contribution in [0.4, 0.5) is 11.6 Å². The third-order valence-corrected chi connectivity index (χ3v) is 2.55. The van der Waals surface area contributed by atoms with Gasteiger partial charge in [-0.15, -0.1) is 0 Å². The van der Waals surface area contributed by atoms with Gasteiger partial charge in [-0.2, -0.15) is 0 Å². The van der Waals surface area contributed by atoms with Gasteiger partial charge in [0.2, 0.25) is 0 Å². The Labute approximate surface area is 110 Å². The summed E-state index contributed by atoms with van der Waals surface area (Å²) in [7, 11) is 3.91. The summed E-state index contributed by atoms with van der Waals surface area (Å²) in [5, 5.41) is 5.25. The quantitative estimate of drug-likeness (QED) is 0.761. The highest BCUT2D eigenvalue weighted by atomic mass is 15.5. The van der Waals surface area contributed by atoms with Crippen molar-refractivity contribution in [3.05, 3.63) is 11.4 Å². The Balaban J connectivity index is 3.11. The number of nitrogens with one attached hydrogen (secondary N) is 2. The molecule has 1 aromatic heterocycles. The van der Waals surface area contributed by atoms with Crippen LogP contribution in [0.15, 0.2) is 0 Å². The standard InChI is InChI=1S/C13H25N5/c1-7-8-14-12-10(4)13(17-18(5)6)16-11(15-12)9(2)3/h9H,7-8H2,1-6H3,(H2,14,15,16,17). The lowest BCUT2D eigenvalue weighted by atomic mass is 10.2. The topological polar surface area (TPSA) is 53.1 Å². The van der Waals surface area contributed by atoms with Gasteiger partial charge in [0.25, 0.3) is 0 Å². The molecule has 1 heterocycles. The predicted octanol–water partition coefficient (Wildman–Crippen LogP) is 2.62. The molecule has 0 aliphatic heterocycles. The molecule has 5 heteroatoms. The molecule has 0 aliphatic carbocycles. The van der Waals surface area contributed by atoms with Crippen LogP contribution in [0.25, 0.3) is 0 Å². The highest BCUT2D eigenvalue weighted by Gasteiger charge is 2.13. The molecule has 0 radical (unpaired) electrons. The first-order valence-electron chi connectivity index (χ1n) is 6.52. The van der Waals surface area contributed by atoms with E-state index in [1.807, 2.05) is 26.0 Å². The van der Waals surface area contributed by atoms with Crippen LogP contribution in [0.2, 0.25) is 0 Å². The van der Waals surface area contributed by atoms with E-state index in [9.17, 15) is 0 Å². The number of hydrazine groups is 1. The molecule has 0 spiro atoms. The summed E-state index contributed by atoms with van der Waals surface area (Å²) in [6.07, 6.45) is 1.08. The fourth-order valence-corrected chi connectivity index (χ4v) is 1.53. The maximum absolute atomic E-state index is 4.60. The first-order valence-corrected chi connectivity index (χ1v) is 6.52. The van der Waals surface area contributed by atoms with Gasteiger partial charge >= 0.3 is 0 Å². The highest BCUT2D eigenvalue weighted by molar-refractivity contribution is 5.57. The second-order valence-corrected chi connectivity index (χ2v) is 4.99. The van der Waals surface area contributed by atoms with E-state index in [2.05, 4.69) is 41.5 Å². The van der Waals surface area contributed by atoms with Crippen molar-refractivity contribution in [2.75, 3.05) is 31.4 Å². The molecular weight excluding hydrogens is 226 g/mol. The van der Waals surface area contributed by atoms with E-state index in [1.54, 1.807) is 0 Å². The third-order valence-electron chi connectivity index (χ3n) is 2.55. The molecule has 0 aliphatic rings. The molecule has 0 unspecified atom stereocenters. The van der Waals surface area contributed by atoms with Gasteiger partial charge in [0, 0.05) is 32.1 Å². The predicted molar refractivity (Wildman–Crippen MR) is 76.9 cm³/mol. The van der Waals surface area contributed by atoms with Gasteiger partial charge in [-0.3, -0.25) is 0 Å². The Kier molecular flexibility index (Phi) is 5.34. The molecule has 1 rings (SSSR count). The van der Waals surface area contributed by atoms with Crippen molar-refractivity contribution in [1.82, 2.24) is 15.0 Å². The van der Waals surface area contributed by atoms with Crippen LogP contribution in [0, 0.1) is 6.92 Å².